The molecule has 138 valence electrons. The molecule has 2 rings (SSSR count). The van der Waals surface area contributed by atoms with Crippen molar-refractivity contribution in [2.24, 2.45) is 0 Å². The van der Waals surface area contributed by atoms with Gasteiger partial charge < -0.3 is 4.52 Å². The van der Waals surface area contributed by atoms with Crippen molar-refractivity contribution in [3.8, 4) is 11.4 Å². The second-order valence-corrected chi connectivity index (χ2v) is 7.24. The monoisotopic (exact) mass is 362 g/mol. The van der Waals surface area contributed by atoms with E-state index in [1.54, 1.807) is 0 Å². The summed E-state index contributed by atoms with van der Waals surface area (Å²) >= 11 is 5.90. The standard InChI is InChI=1S/C21H31ClN2O/c1-2-3-4-5-6-7-8-9-10-11-12-13-20-23-21(24-25-20)18-14-16-19(22)17-15-18/h14-17H,2-13H2,1H3. The van der Waals surface area contributed by atoms with Gasteiger partial charge >= 0.3 is 0 Å². The summed E-state index contributed by atoms with van der Waals surface area (Å²) in [7, 11) is 0. The molecule has 1 aromatic heterocycles. The van der Waals surface area contributed by atoms with Crippen LogP contribution in [0.4, 0.5) is 0 Å². The van der Waals surface area contributed by atoms with Gasteiger partial charge in [0.15, 0.2) is 0 Å². The number of benzene rings is 1. The van der Waals surface area contributed by atoms with Crippen LogP contribution in [0.3, 0.4) is 0 Å². The maximum atomic E-state index is 5.90. The van der Waals surface area contributed by atoms with E-state index >= 15 is 0 Å². The summed E-state index contributed by atoms with van der Waals surface area (Å²) in [6.07, 6.45) is 15.7. The molecule has 0 atom stereocenters. The van der Waals surface area contributed by atoms with E-state index in [2.05, 4.69) is 17.1 Å². The van der Waals surface area contributed by atoms with Gasteiger partial charge in [-0.1, -0.05) is 87.9 Å². The summed E-state index contributed by atoms with van der Waals surface area (Å²) in [5.74, 6) is 1.38. The van der Waals surface area contributed by atoms with Crippen molar-refractivity contribution in [3.05, 3.63) is 35.2 Å². The van der Waals surface area contributed by atoms with Crippen molar-refractivity contribution in [1.29, 1.82) is 0 Å². The Labute approximate surface area is 157 Å². The fraction of sp³-hybridized carbons (Fsp3) is 0.619. The molecule has 0 aliphatic rings. The number of hydrogen-bond acceptors (Lipinski definition) is 3. The topological polar surface area (TPSA) is 38.9 Å². The van der Waals surface area contributed by atoms with E-state index in [-0.39, 0.29) is 0 Å². The van der Waals surface area contributed by atoms with E-state index in [1.807, 2.05) is 24.3 Å². The van der Waals surface area contributed by atoms with Crippen LogP contribution in [0.5, 0.6) is 0 Å². The van der Waals surface area contributed by atoms with Crippen LogP contribution in [0.1, 0.15) is 83.4 Å². The van der Waals surface area contributed by atoms with Crippen molar-refractivity contribution >= 4 is 11.6 Å². The van der Waals surface area contributed by atoms with Crippen LogP contribution in [0.2, 0.25) is 5.02 Å². The number of hydrogen-bond donors (Lipinski definition) is 0. The molecule has 4 heteroatoms. The highest BCUT2D eigenvalue weighted by Crippen LogP contribution is 2.19. The van der Waals surface area contributed by atoms with Gasteiger partial charge in [-0.25, -0.2) is 0 Å². The predicted molar refractivity (Wildman–Crippen MR) is 105 cm³/mol. The molecule has 2 aromatic rings. The van der Waals surface area contributed by atoms with Crippen LogP contribution in [-0.4, -0.2) is 10.1 Å². The van der Waals surface area contributed by atoms with Gasteiger partial charge in [-0.15, -0.1) is 0 Å². The van der Waals surface area contributed by atoms with Crippen LogP contribution in [0.15, 0.2) is 28.8 Å². The maximum absolute atomic E-state index is 5.90. The van der Waals surface area contributed by atoms with Crippen molar-refractivity contribution in [1.82, 2.24) is 10.1 Å². The first-order valence-electron chi connectivity index (χ1n) is 9.88. The first kappa shape index (κ1) is 20.0. The summed E-state index contributed by atoms with van der Waals surface area (Å²) in [4.78, 5) is 4.47. The van der Waals surface area contributed by atoms with E-state index < -0.39 is 0 Å². The lowest BCUT2D eigenvalue weighted by Gasteiger charge is -2.01. The van der Waals surface area contributed by atoms with Crippen molar-refractivity contribution in [2.75, 3.05) is 0 Å². The normalized spacial score (nSPS) is 11.1. The highest BCUT2D eigenvalue weighted by atomic mass is 35.5. The Bertz CT molecular complexity index is 580. The average molecular weight is 363 g/mol. The Morgan fingerprint density at radius 2 is 1.36 bits per heavy atom. The Morgan fingerprint density at radius 1 is 0.800 bits per heavy atom. The van der Waals surface area contributed by atoms with Gasteiger partial charge in [0.2, 0.25) is 11.7 Å². The molecule has 1 heterocycles. The van der Waals surface area contributed by atoms with Gasteiger partial charge in [-0.3, -0.25) is 0 Å². The van der Waals surface area contributed by atoms with Crippen LogP contribution >= 0.6 is 11.6 Å². The maximum Gasteiger partial charge on any atom is 0.226 e. The molecule has 1 aromatic carbocycles. The predicted octanol–water partition coefficient (Wildman–Crippen LogP) is 7.24. The molecule has 0 radical (unpaired) electrons. The summed E-state index contributed by atoms with van der Waals surface area (Å²) in [6, 6.07) is 7.52. The highest BCUT2D eigenvalue weighted by molar-refractivity contribution is 6.30. The lowest BCUT2D eigenvalue weighted by molar-refractivity contribution is 0.373. The largest absolute Gasteiger partial charge is 0.339 e. The molecule has 0 fully saturated rings. The van der Waals surface area contributed by atoms with E-state index in [1.165, 1.54) is 64.2 Å². The molecular formula is C21H31ClN2O. The molecule has 0 aliphatic heterocycles. The quantitative estimate of drug-likeness (QED) is 0.352. The zero-order valence-corrected chi connectivity index (χ0v) is 16.2. The minimum Gasteiger partial charge on any atom is -0.339 e. The van der Waals surface area contributed by atoms with Gasteiger partial charge in [-0.2, -0.15) is 4.98 Å². The Balaban J connectivity index is 1.52. The van der Waals surface area contributed by atoms with E-state index in [9.17, 15) is 0 Å². The number of nitrogens with zero attached hydrogens (tertiary/aromatic N) is 2. The minimum atomic E-state index is 0.648. The van der Waals surface area contributed by atoms with Crippen LogP contribution in [-0.2, 0) is 6.42 Å². The second kappa shape index (κ2) is 12.1. The van der Waals surface area contributed by atoms with Crippen LogP contribution in [0.25, 0.3) is 11.4 Å². The highest BCUT2D eigenvalue weighted by Gasteiger charge is 2.08. The summed E-state index contributed by atoms with van der Waals surface area (Å²) < 4.78 is 5.35. The minimum absolute atomic E-state index is 0.648. The van der Waals surface area contributed by atoms with E-state index in [0.717, 1.165) is 24.3 Å². The molecule has 0 saturated carbocycles. The molecule has 0 N–H and O–H groups in total. The number of rotatable bonds is 13. The zero-order valence-electron chi connectivity index (χ0n) is 15.5. The molecule has 3 nitrogen and oxygen atoms in total. The van der Waals surface area contributed by atoms with Gasteiger partial charge in [0.05, 0.1) is 0 Å². The Hall–Kier alpha value is -1.35. The van der Waals surface area contributed by atoms with Crippen LogP contribution in [0, 0.1) is 0 Å². The molecule has 25 heavy (non-hydrogen) atoms. The fourth-order valence-corrected chi connectivity index (χ4v) is 3.14. The lowest BCUT2D eigenvalue weighted by atomic mass is 10.1. The Morgan fingerprint density at radius 3 is 1.96 bits per heavy atom. The number of unbranched alkanes of at least 4 members (excludes halogenated alkanes) is 10. The molecule has 0 unspecified atom stereocenters. The summed E-state index contributed by atoms with van der Waals surface area (Å²) in [5, 5.41) is 4.77. The third-order valence-corrected chi connectivity index (χ3v) is 4.82. The average Bonchev–Trinajstić information content (AvgIpc) is 3.09. The van der Waals surface area contributed by atoms with Gasteiger partial charge in [-0.05, 0) is 30.7 Å². The first-order valence-corrected chi connectivity index (χ1v) is 10.3. The molecule has 0 amide bonds. The zero-order chi connectivity index (χ0) is 17.7. The van der Waals surface area contributed by atoms with E-state index in [4.69, 9.17) is 16.1 Å². The molecular weight excluding hydrogens is 332 g/mol. The first-order chi connectivity index (χ1) is 12.3. The number of aromatic nitrogens is 2. The summed E-state index contributed by atoms with van der Waals surface area (Å²) in [5.41, 5.74) is 0.943. The van der Waals surface area contributed by atoms with Gasteiger partial charge in [0, 0.05) is 17.0 Å². The fourth-order valence-electron chi connectivity index (χ4n) is 3.01. The molecule has 0 aliphatic carbocycles. The second-order valence-electron chi connectivity index (χ2n) is 6.80. The third kappa shape index (κ3) is 8.04. The van der Waals surface area contributed by atoms with Gasteiger partial charge in [0.1, 0.15) is 0 Å². The third-order valence-electron chi connectivity index (χ3n) is 4.56. The number of aryl methyl sites for hydroxylation is 1. The summed E-state index contributed by atoms with van der Waals surface area (Å²) in [6.45, 7) is 2.27. The lowest BCUT2D eigenvalue weighted by Crippen LogP contribution is -1.87. The number of halogens is 1. The molecule has 0 spiro atoms. The van der Waals surface area contributed by atoms with Crippen molar-refractivity contribution in [2.45, 2.75) is 84.0 Å². The molecule has 0 saturated heterocycles. The molecule has 0 bridgehead atoms. The van der Waals surface area contributed by atoms with Gasteiger partial charge in [0.25, 0.3) is 0 Å². The van der Waals surface area contributed by atoms with E-state index in [0.29, 0.717) is 10.8 Å². The Kier molecular flexibility index (Phi) is 9.65. The SMILES string of the molecule is CCCCCCCCCCCCCc1nc(-c2ccc(Cl)cc2)no1. The van der Waals surface area contributed by atoms with Crippen molar-refractivity contribution < 1.29 is 4.52 Å². The van der Waals surface area contributed by atoms with Crippen LogP contribution < -0.4 is 0 Å². The smallest absolute Gasteiger partial charge is 0.226 e. The van der Waals surface area contributed by atoms with Crippen molar-refractivity contribution in [3.63, 3.8) is 0 Å².